The Balaban J connectivity index is 2.26. The number of amides is 1. The first kappa shape index (κ1) is 15.0. The zero-order valence-corrected chi connectivity index (χ0v) is 11.9. The lowest BCUT2D eigenvalue weighted by Gasteiger charge is -2.07. The second-order valence-electron chi connectivity index (χ2n) is 4.00. The lowest BCUT2D eigenvalue weighted by Crippen LogP contribution is -2.13. The molecule has 2 rings (SSSR count). The molecule has 0 aromatic heterocycles. The summed E-state index contributed by atoms with van der Waals surface area (Å²) in [6.45, 7) is 0. The van der Waals surface area contributed by atoms with Crippen LogP contribution in [0.5, 0.6) is 0 Å². The van der Waals surface area contributed by atoms with Gasteiger partial charge in [0.25, 0.3) is 5.91 Å². The van der Waals surface area contributed by atoms with Crippen LogP contribution in [0.4, 0.5) is 20.2 Å². The average molecular weight is 357 g/mol. The number of hydrogen-bond acceptors (Lipinski definition) is 3. The molecule has 0 fully saturated rings. The van der Waals surface area contributed by atoms with Crippen molar-refractivity contribution < 1.29 is 18.5 Å². The Bertz CT molecular complexity index is 737. The van der Waals surface area contributed by atoms with Crippen molar-refractivity contribution >= 4 is 33.2 Å². The summed E-state index contributed by atoms with van der Waals surface area (Å²) in [5.41, 5.74) is -0.645. The third-order valence-electron chi connectivity index (χ3n) is 2.58. The van der Waals surface area contributed by atoms with E-state index in [1.807, 2.05) is 0 Å². The highest BCUT2D eigenvalue weighted by molar-refractivity contribution is 9.10. The number of rotatable bonds is 3. The van der Waals surface area contributed by atoms with Crippen LogP contribution in [0.25, 0.3) is 0 Å². The lowest BCUT2D eigenvalue weighted by molar-refractivity contribution is -0.387. The second-order valence-corrected chi connectivity index (χ2v) is 4.86. The molecule has 1 amide bonds. The predicted molar refractivity (Wildman–Crippen MR) is 75.1 cm³/mol. The van der Waals surface area contributed by atoms with Crippen LogP contribution < -0.4 is 5.32 Å². The SMILES string of the molecule is O=C(Nc1ccc([N+](=O)[O-])c(F)c1)c1cc(F)ccc1Br. The summed E-state index contributed by atoms with van der Waals surface area (Å²) in [6.07, 6.45) is 0. The van der Waals surface area contributed by atoms with E-state index in [-0.39, 0.29) is 11.3 Å². The standard InChI is InChI=1S/C13H7BrF2N2O3/c14-10-3-1-7(15)5-9(10)13(19)17-8-2-4-12(18(20)21)11(16)6-8/h1-6H,(H,17,19). The summed E-state index contributed by atoms with van der Waals surface area (Å²) in [5.74, 6) is -2.34. The number of nitro benzene ring substituents is 1. The molecule has 2 aromatic carbocycles. The highest BCUT2D eigenvalue weighted by Gasteiger charge is 2.16. The summed E-state index contributed by atoms with van der Waals surface area (Å²) in [4.78, 5) is 21.6. The Labute approximate surface area is 125 Å². The van der Waals surface area contributed by atoms with Gasteiger partial charge in [-0.2, -0.15) is 4.39 Å². The van der Waals surface area contributed by atoms with Gasteiger partial charge in [0.15, 0.2) is 0 Å². The monoisotopic (exact) mass is 356 g/mol. The average Bonchev–Trinajstić information content (AvgIpc) is 2.41. The molecule has 0 radical (unpaired) electrons. The first-order valence-electron chi connectivity index (χ1n) is 5.59. The van der Waals surface area contributed by atoms with Gasteiger partial charge < -0.3 is 5.32 Å². The van der Waals surface area contributed by atoms with Gasteiger partial charge in [0.1, 0.15) is 5.82 Å². The largest absolute Gasteiger partial charge is 0.322 e. The first-order chi connectivity index (χ1) is 9.88. The fourth-order valence-corrected chi connectivity index (χ4v) is 2.03. The summed E-state index contributed by atoms with van der Waals surface area (Å²) in [5, 5.41) is 12.8. The van der Waals surface area contributed by atoms with Crippen LogP contribution in [0.2, 0.25) is 0 Å². The van der Waals surface area contributed by atoms with Crippen LogP contribution in [0.3, 0.4) is 0 Å². The van der Waals surface area contributed by atoms with E-state index >= 15 is 0 Å². The molecule has 108 valence electrons. The molecule has 5 nitrogen and oxygen atoms in total. The third-order valence-corrected chi connectivity index (χ3v) is 3.27. The van der Waals surface area contributed by atoms with E-state index in [0.717, 1.165) is 18.2 Å². The Morgan fingerprint density at radius 2 is 1.90 bits per heavy atom. The topological polar surface area (TPSA) is 72.2 Å². The Morgan fingerprint density at radius 1 is 1.19 bits per heavy atom. The molecule has 8 heteroatoms. The van der Waals surface area contributed by atoms with E-state index < -0.39 is 28.2 Å². The Morgan fingerprint density at radius 3 is 2.52 bits per heavy atom. The smallest absolute Gasteiger partial charge is 0.304 e. The van der Waals surface area contributed by atoms with Gasteiger partial charge in [0, 0.05) is 22.3 Å². The van der Waals surface area contributed by atoms with E-state index in [9.17, 15) is 23.7 Å². The predicted octanol–water partition coefficient (Wildman–Crippen LogP) is 3.89. The van der Waals surface area contributed by atoms with Gasteiger partial charge >= 0.3 is 5.69 Å². The molecule has 0 bridgehead atoms. The van der Waals surface area contributed by atoms with Crippen LogP contribution in [0, 0.1) is 21.7 Å². The van der Waals surface area contributed by atoms with Gasteiger partial charge in [-0.3, -0.25) is 14.9 Å². The molecule has 0 aliphatic heterocycles. The molecule has 0 saturated carbocycles. The Kier molecular flexibility index (Phi) is 4.27. The number of anilines is 1. The van der Waals surface area contributed by atoms with Crippen molar-refractivity contribution in [3.63, 3.8) is 0 Å². The van der Waals surface area contributed by atoms with E-state index in [1.165, 1.54) is 18.2 Å². The number of nitro groups is 1. The maximum atomic E-state index is 13.4. The quantitative estimate of drug-likeness (QED) is 0.669. The zero-order chi connectivity index (χ0) is 15.6. The van der Waals surface area contributed by atoms with Crippen LogP contribution in [0.1, 0.15) is 10.4 Å². The summed E-state index contributed by atoms with van der Waals surface area (Å²) in [6, 6.07) is 6.50. The third kappa shape index (κ3) is 3.40. The van der Waals surface area contributed by atoms with Gasteiger partial charge in [0.2, 0.25) is 5.82 Å². The number of nitrogens with one attached hydrogen (secondary N) is 1. The number of nitrogens with zero attached hydrogens (tertiary/aromatic N) is 1. The lowest BCUT2D eigenvalue weighted by atomic mass is 10.2. The molecule has 0 unspecified atom stereocenters. The van der Waals surface area contributed by atoms with E-state index in [2.05, 4.69) is 21.2 Å². The normalized spacial score (nSPS) is 10.2. The maximum absolute atomic E-state index is 13.4. The molecule has 2 aromatic rings. The van der Waals surface area contributed by atoms with Gasteiger partial charge in [-0.25, -0.2) is 4.39 Å². The molecule has 0 atom stereocenters. The van der Waals surface area contributed by atoms with Crippen LogP contribution in [0.15, 0.2) is 40.9 Å². The van der Waals surface area contributed by atoms with Crippen molar-refractivity contribution in [3.05, 3.63) is 68.2 Å². The highest BCUT2D eigenvalue weighted by Crippen LogP contribution is 2.23. The van der Waals surface area contributed by atoms with Crippen molar-refractivity contribution in [2.24, 2.45) is 0 Å². The molecule has 0 heterocycles. The van der Waals surface area contributed by atoms with Crippen molar-refractivity contribution in [2.75, 3.05) is 5.32 Å². The van der Waals surface area contributed by atoms with E-state index in [0.29, 0.717) is 4.47 Å². The molecule has 0 saturated heterocycles. The second kappa shape index (κ2) is 5.96. The van der Waals surface area contributed by atoms with E-state index in [4.69, 9.17) is 0 Å². The molecular weight excluding hydrogens is 350 g/mol. The maximum Gasteiger partial charge on any atom is 0.304 e. The number of hydrogen-bond donors (Lipinski definition) is 1. The summed E-state index contributed by atoms with van der Waals surface area (Å²) in [7, 11) is 0. The minimum absolute atomic E-state index is 0.0220. The van der Waals surface area contributed by atoms with Gasteiger partial charge in [0.05, 0.1) is 10.5 Å². The Hall–Kier alpha value is -2.35. The molecule has 0 spiro atoms. The van der Waals surface area contributed by atoms with Crippen molar-refractivity contribution in [3.8, 4) is 0 Å². The minimum atomic E-state index is -1.07. The number of carbonyl (C=O) groups excluding carboxylic acids is 1. The highest BCUT2D eigenvalue weighted by atomic mass is 79.9. The zero-order valence-electron chi connectivity index (χ0n) is 10.3. The minimum Gasteiger partial charge on any atom is -0.322 e. The van der Waals surface area contributed by atoms with Gasteiger partial charge in [-0.05, 0) is 40.2 Å². The van der Waals surface area contributed by atoms with Crippen LogP contribution >= 0.6 is 15.9 Å². The fourth-order valence-electron chi connectivity index (χ4n) is 1.60. The molecule has 0 aliphatic carbocycles. The number of carbonyl (C=O) groups is 1. The molecule has 1 N–H and O–H groups in total. The molecule has 21 heavy (non-hydrogen) atoms. The summed E-state index contributed by atoms with van der Waals surface area (Å²) < 4.78 is 26.9. The van der Waals surface area contributed by atoms with Crippen molar-refractivity contribution in [2.45, 2.75) is 0 Å². The van der Waals surface area contributed by atoms with E-state index in [1.54, 1.807) is 0 Å². The van der Waals surface area contributed by atoms with Crippen molar-refractivity contribution in [1.29, 1.82) is 0 Å². The first-order valence-corrected chi connectivity index (χ1v) is 6.38. The summed E-state index contributed by atoms with van der Waals surface area (Å²) >= 11 is 3.10. The number of benzene rings is 2. The van der Waals surface area contributed by atoms with Gasteiger partial charge in [-0.15, -0.1) is 0 Å². The van der Waals surface area contributed by atoms with Gasteiger partial charge in [-0.1, -0.05) is 0 Å². The fraction of sp³-hybridized carbons (Fsp3) is 0. The molecular formula is C13H7BrF2N2O3. The van der Waals surface area contributed by atoms with Crippen molar-refractivity contribution in [1.82, 2.24) is 0 Å². The number of halogens is 3. The molecule has 0 aliphatic rings. The van der Waals surface area contributed by atoms with Crippen LogP contribution in [-0.4, -0.2) is 10.8 Å². The van der Waals surface area contributed by atoms with Crippen LogP contribution in [-0.2, 0) is 0 Å².